The maximum absolute atomic E-state index is 10.5. The smallest absolute Gasteiger partial charge is 0.338 e. The second-order valence-corrected chi connectivity index (χ2v) is 1.47. The Labute approximate surface area is 60.5 Å². The van der Waals surface area contributed by atoms with Gasteiger partial charge in [-0.3, -0.25) is 0 Å². The van der Waals surface area contributed by atoms with E-state index in [1.54, 1.807) is 6.92 Å². The first-order valence-electron chi connectivity index (χ1n) is 3.01. The molecular formula is C8H10O2. The van der Waals surface area contributed by atoms with E-state index in [9.17, 15) is 4.79 Å². The molecule has 0 amide bonds. The summed E-state index contributed by atoms with van der Waals surface area (Å²) in [4.78, 5) is 10.5. The Balaban J connectivity index is 3.77. The van der Waals surface area contributed by atoms with Gasteiger partial charge in [0.15, 0.2) is 0 Å². The third-order valence-electron chi connectivity index (χ3n) is 0.702. The van der Waals surface area contributed by atoms with Crippen LogP contribution in [0.4, 0.5) is 0 Å². The van der Waals surface area contributed by atoms with Gasteiger partial charge in [0.05, 0.1) is 12.7 Å². The third kappa shape index (κ3) is 4.88. The Hall–Kier alpha value is -1.27. The minimum atomic E-state index is -0.374. The zero-order valence-corrected chi connectivity index (χ0v) is 5.96. The summed E-state index contributed by atoms with van der Waals surface area (Å²) < 4.78 is 4.58. The molecule has 0 spiro atoms. The van der Waals surface area contributed by atoms with E-state index < -0.39 is 0 Å². The highest BCUT2D eigenvalue weighted by Crippen LogP contribution is 1.78. The SMILES string of the molecule is C=CC=C=CC(=O)OCC. The van der Waals surface area contributed by atoms with Crippen molar-refractivity contribution in [2.45, 2.75) is 6.92 Å². The molecule has 2 nitrogen and oxygen atoms in total. The van der Waals surface area contributed by atoms with Crippen molar-refractivity contribution in [3.8, 4) is 0 Å². The highest BCUT2D eigenvalue weighted by Gasteiger charge is 1.88. The van der Waals surface area contributed by atoms with E-state index in [-0.39, 0.29) is 5.97 Å². The van der Waals surface area contributed by atoms with Crippen LogP contribution in [0.3, 0.4) is 0 Å². The second-order valence-electron chi connectivity index (χ2n) is 1.47. The van der Waals surface area contributed by atoms with Gasteiger partial charge >= 0.3 is 5.97 Å². The van der Waals surface area contributed by atoms with Crippen LogP contribution in [-0.2, 0) is 9.53 Å². The van der Waals surface area contributed by atoms with Crippen LogP contribution in [0.2, 0.25) is 0 Å². The highest BCUT2D eigenvalue weighted by molar-refractivity contribution is 5.81. The standard InChI is InChI=1S/C8H10O2/c1-3-5-6-7-8(9)10-4-2/h3,5,7H,1,4H2,2H3. The number of rotatable bonds is 3. The Morgan fingerprint density at radius 2 is 2.50 bits per heavy atom. The lowest BCUT2D eigenvalue weighted by Crippen LogP contribution is -1.97. The molecule has 0 atom stereocenters. The fourth-order valence-corrected chi connectivity index (χ4v) is 0.368. The molecule has 54 valence electrons. The molecule has 0 aliphatic carbocycles. The summed E-state index contributed by atoms with van der Waals surface area (Å²) in [6.07, 6.45) is 4.30. The normalized spacial score (nSPS) is 7.30. The number of hydrogen-bond donors (Lipinski definition) is 0. The average Bonchev–Trinajstić information content (AvgIpc) is 1.89. The zero-order chi connectivity index (χ0) is 7.82. The lowest BCUT2D eigenvalue weighted by Gasteiger charge is -1.90. The molecule has 2 heteroatoms. The lowest BCUT2D eigenvalue weighted by atomic mass is 10.5. The first-order chi connectivity index (χ1) is 4.81. The molecular weight excluding hydrogens is 128 g/mol. The quantitative estimate of drug-likeness (QED) is 0.255. The van der Waals surface area contributed by atoms with Crippen LogP contribution < -0.4 is 0 Å². The second kappa shape index (κ2) is 5.86. The molecule has 0 aliphatic heterocycles. The molecule has 0 radical (unpaired) electrons. The molecule has 0 saturated heterocycles. The highest BCUT2D eigenvalue weighted by atomic mass is 16.5. The minimum absolute atomic E-state index is 0.374. The van der Waals surface area contributed by atoms with Crippen LogP contribution >= 0.6 is 0 Å². The van der Waals surface area contributed by atoms with Gasteiger partial charge in [0, 0.05) is 0 Å². The molecule has 0 aliphatic rings. The van der Waals surface area contributed by atoms with E-state index in [1.807, 2.05) is 0 Å². The van der Waals surface area contributed by atoms with Gasteiger partial charge < -0.3 is 4.74 Å². The van der Waals surface area contributed by atoms with E-state index >= 15 is 0 Å². The monoisotopic (exact) mass is 138 g/mol. The van der Waals surface area contributed by atoms with Crippen LogP contribution in [0.25, 0.3) is 0 Å². The summed E-state index contributed by atoms with van der Waals surface area (Å²) in [6, 6.07) is 0. The number of hydrogen-bond acceptors (Lipinski definition) is 2. The van der Waals surface area contributed by atoms with Crippen molar-refractivity contribution in [1.82, 2.24) is 0 Å². The Morgan fingerprint density at radius 3 is 3.00 bits per heavy atom. The molecule has 0 bridgehead atoms. The topological polar surface area (TPSA) is 26.3 Å². The maximum Gasteiger partial charge on any atom is 0.338 e. The van der Waals surface area contributed by atoms with E-state index in [0.717, 1.165) is 0 Å². The van der Waals surface area contributed by atoms with Gasteiger partial charge in [0.1, 0.15) is 0 Å². The first-order valence-corrected chi connectivity index (χ1v) is 3.01. The summed E-state index contributed by atoms with van der Waals surface area (Å²) >= 11 is 0. The van der Waals surface area contributed by atoms with Crippen LogP contribution in [-0.4, -0.2) is 12.6 Å². The molecule has 0 aromatic rings. The van der Waals surface area contributed by atoms with Crippen LogP contribution in [0, 0.1) is 0 Å². The van der Waals surface area contributed by atoms with Gasteiger partial charge in [-0.1, -0.05) is 12.7 Å². The Morgan fingerprint density at radius 1 is 1.80 bits per heavy atom. The number of carbonyl (C=O) groups excluding carboxylic acids is 1. The summed E-state index contributed by atoms with van der Waals surface area (Å²) in [7, 11) is 0. The Bertz CT molecular complexity index is 174. The molecule has 10 heavy (non-hydrogen) atoms. The van der Waals surface area contributed by atoms with E-state index in [2.05, 4.69) is 17.0 Å². The molecule has 0 N–H and O–H groups in total. The number of carbonyl (C=O) groups is 1. The molecule has 0 fully saturated rings. The van der Waals surface area contributed by atoms with Crippen LogP contribution in [0.1, 0.15) is 6.92 Å². The lowest BCUT2D eigenvalue weighted by molar-refractivity contribution is -0.137. The fourth-order valence-electron chi connectivity index (χ4n) is 0.368. The number of allylic oxidation sites excluding steroid dienone is 1. The predicted molar refractivity (Wildman–Crippen MR) is 39.5 cm³/mol. The minimum Gasteiger partial charge on any atom is -0.462 e. The van der Waals surface area contributed by atoms with Gasteiger partial charge in [-0.25, -0.2) is 4.79 Å². The van der Waals surface area contributed by atoms with Crippen molar-refractivity contribution in [2.75, 3.05) is 6.61 Å². The number of esters is 1. The molecule has 0 heterocycles. The van der Waals surface area contributed by atoms with Gasteiger partial charge in [-0.2, -0.15) is 0 Å². The molecule has 0 unspecified atom stereocenters. The molecule has 0 saturated carbocycles. The summed E-state index contributed by atoms with van der Waals surface area (Å²) in [5.74, 6) is -0.374. The summed E-state index contributed by atoms with van der Waals surface area (Å²) in [5.41, 5.74) is 2.58. The molecule has 0 rings (SSSR count). The van der Waals surface area contributed by atoms with Crippen LogP contribution in [0.5, 0.6) is 0 Å². The van der Waals surface area contributed by atoms with Crippen molar-refractivity contribution < 1.29 is 9.53 Å². The van der Waals surface area contributed by atoms with E-state index in [0.29, 0.717) is 6.61 Å². The van der Waals surface area contributed by atoms with Gasteiger partial charge in [0.2, 0.25) is 0 Å². The average molecular weight is 138 g/mol. The van der Waals surface area contributed by atoms with Crippen molar-refractivity contribution in [2.24, 2.45) is 0 Å². The van der Waals surface area contributed by atoms with Crippen molar-refractivity contribution in [1.29, 1.82) is 0 Å². The van der Waals surface area contributed by atoms with E-state index in [1.165, 1.54) is 18.2 Å². The molecule has 0 aromatic heterocycles. The fraction of sp³-hybridized carbons (Fsp3) is 0.250. The molecule has 0 aromatic carbocycles. The number of ether oxygens (including phenoxy) is 1. The predicted octanol–water partition coefficient (Wildman–Crippen LogP) is 1.45. The van der Waals surface area contributed by atoms with Crippen molar-refractivity contribution in [3.05, 3.63) is 30.5 Å². The summed E-state index contributed by atoms with van der Waals surface area (Å²) in [5, 5.41) is 0. The largest absolute Gasteiger partial charge is 0.462 e. The third-order valence-corrected chi connectivity index (χ3v) is 0.702. The zero-order valence-electron chi connectivity index (χ0n) is 5.96. The first kappa shape index (κ1) is 8.73. The Kier molecular flexibility index (Phi) is 5.12. The maximum atomic E-state index is 10.5. The van der Waals surface area contributed by atoms with E-state index in [4.69, 9.17) is 0 Å². The van der Waals surface area contributed by atoms with Crippen molar-refractivity contribution in [3.63, 3.8) is 0 Å². The van der Waals surface area contributed by atoms with Crippen LogP contribution in [0.15, 0.2) is 30.5 Å². The van der Waals surface area contributed by atoms with Gasteiger partial charge in [-0.15, -0.1) is 5.73 Å². The van der Waals surface area contributed by atoms with Gasteiger partial charge in [-0.05, 0) is 13.0 Å². The van der Waals surface area contributed by atoms with Gasteiger partial charge in [0.25, 0.3) is 0 Å². The van der Waals surface area contributed by atoms with Crippen molar-refractivity contribution >= 4 is 5.97 Å². The summed E-state index contributed by atoms with van der Waals surface area (Å²) in [6.45, 7) is 5.56.